The third kappa shape index (κ3) is 2.18. The Morgan fingerprint density at radius 1 is 1.26 bits per heavy atom. The van der Waals surface area contributed by atoms with E-state index in [4.69, 9.17) is 0 Å². The molecule has 4 heteroatoms. The average Bonchev–Trinajstić information content (AvgIpc) is 2.80. The van der Waals surface area contributed by atoms with Gasteiger partial charge >= 0.3 is 0 Å². The number of fused-ring (bicyclic) bond motifs is 1. The standard InChI is InChI=1S/C15H14F2N2/c1-9-7-12(17)14(8-11(9)16)19-13-5-4-10-3-2-6-18-15(10)13/h2-3,6-8,13,19H,4-5H2,1H3. The third-order valence-corrected chi connectivity index (χ3v) is 3.54. The predicted molar refractivity (Wildman–Crippen MR) is 70.0 cm³/mol. The maximum absolute atomic E-state index is 13.8. The average molecular weight is 260 g/mol. The van der Waals surface area contributed by atoms with E-state index < -0.39 is 11.6 Å². The van der Waals surface area contributed by atoms with Crippen LogP contribution >= 0.6 is 0 Å². The minimum absolute atomic E-state index is 0.0483. The second-order valence-electron chi connectivity index (χ2n) is 4.86. The number of anilines is 1. The summed E-state index contributed by atoms with van der Waals surface area (Å²) in [5.74, 6) is -0.827. The summed E-state index contributed by atoms with van der Waals surface area (Å²) in [5, 5.41) is 3.06. The highest BCUT2D eigenvalue weighted by molar-refractivity contribution is 5.49. The van der Waals surface area contributed by atoms with Crippen molar-refractivity contribution in [1.82, 2.24) is 4.98 Å². The number of pyridine rings is 1. The summed E-state index contributed by atoms with van der Waals surface area (Å²) in [4.78, 5) is 4.33. The monoisotopic (exact) mass is 260 g/mol. The molecule has 0 radical (unpaired) electrons. The largest absolute Gasteiger partial charge is 0.374 e. The van der Waals surface area contributed by atoms with Gasteiger partial charge in [-0.25, -0.2) is 8.78 Å². The van der Waals surface area contributed by atoms with Gasteiger partial charge in [-0.15, -0.1) is 0 Å². The van der Waals surface area contributed by atoms with E-state index in [2.05, 4.69) is 10.3 Å². The van der Waals surface area contributed by atoms with Gasteiger partial charge in [-0.05, 0) is 43.0 Å². The number of benzene rings is 1. The highest BCUT2D eigenvalue weighted by Crippen LogP contribution is 2.33. The number of rotatable bonds is 2. The molecule has 1 atom stereocenters. The van der Waals surface area contributed by atoms with Crippen LogP contribution in [0.25, 0.3) is 0 Å². The normalized spacial score (nSPS) is 17.3. The van der Waals surface area contributed by atoms with Gasteiger partial charge in [0, 0.05) is 12.3 Å². The molecule has 1 N–H and O–H groups in total. The Kier molecular flexibility index (Phi) is 2.93. The Balaban J connectivity index is 1.89. The van der Waals surface area contributed by atoms with Crippen molar-refractivity contribution in [2.45, 2.75) is 25.8 Å². The lowest BCUT2D eigenvalue weighted by Crippen LogP contribution is -2.10. The maximum atomic E-state index is 13.8. The van der Waals surface area contributed by atoms with Crippen LogP contribution in [0.2, 0.25) is 0 Å². The van der Waals surface area contributed by atoms with E-state index in [9.17, 15) is 8.78 Å². The number of nitrogens with zero attached hydrogens (tertiary/aromatic N) is 1. The van der Waals surface area contributed by atoms with Gasteiger partial charge in [0.1, 0.15) is 11.6 Å². The number of hydrogen-bond donors (Lipinski definition) is 1. The number of aryl methyl sites for hydroxylation is 2. The molecule has 1 heterocycles. The molecule has 1 aliphatic rings. The molecule has 0 spiro atoms. The lowest BCUT2D eigenvalue weighted by molar-refractivity contribution is 0.591. The van der Waals surface area contributed by atoms with E-state index in [1.807, 2.05) is 12.1 Å². The van der Waals surface area contributed by atoms with E-state index in [1.165, 1.54) is 17.7 Å². The molecule has 0 bridgehead atoms. The van der Waals surface area contributed by atoms with Crippen LogP contribution in [0, 0.1) is 18.6 Å². The second-order valence-corrected chi connectivity index (χ2v) is 4.86. The second kappa shape index (κ2) is 4.61. The van der Waals surface area contributed by atoms with Crippen molar-refractivity contribution < 1.29 is 8.78 Å². The summed E-state index contributed by atoms with van der Waals surface area (Å²) in [6.45, 7) is 1.55. The molecule has 1 aromatic carbocycles. The minimum Gasteiger partial charge on any atom is -0.374 e. The van der Waals surface area contributed by atoms with E-state index in [0.29, 0.717) is 5.56 Å². The van der Waals surface area contributed by atoms with Gasteiger partial charge in [0.2, 0.25) is 0 Å². The summed E-state index contributed by atoms with van der Waals surface area (Å²) >= 11 is 0. The van der Waals surface area contributed by atoms with Crippen molar-refractivity contribution in [3.05, 3.63) is 58.9 Å². The minimum atomic E-state index is -0.428. The van der Waals surface area contributed by atoms with Crippen LogP contribution in [0.3, 0.4) is 0 Å². The summed E-state index contributed by atoms with van der Waals surface area (Å²) < 4.78 is 27.3. The fourth-order valence-corrected chi connectivity index (χ4v) is 2.50. The summed E-state index contributed by atoms with van der Waals surface area (Å²) in [6.07, 6.45) is 3.49. The van der Waals surface area contributed by atoms with Crippen LogP contribution in [-0.2, 0) is 6.42 Å². The summed E-state index contributed by atoms with van der Waals surface area (Å²) in [5.41, 5.74) is 2.62. The maximum Gasteiger partial charge on any atom is 0.146 e. The number of nitrogens with one attached hydrogen (secondary N) is 1. The van der Waals surface area contributed by atoms with Crippen LogP contribution in [0.1, 0.15) is 29.3 Å². The number of aromatic nitrogens is 1. The first-order valence-corrected chi connectivity index (χ1v) is 6.31. The van der Waals surface area contributed by atoms with Crippen LogP contribution in [0.5, 0.6) is 0 Å². The van der Waals surface area contributed by atoms with Crippen molar-refractivity contribution in [3.63, 3.8) is 0 Å². The lowest BCUT2D eigenvalue weighted by atomic mass is 10.1. The molecule has 1 unspecified atom stereocenters. The zero-order valence-electron chi connectivity index (χ0n) is 10.6. The van der Waals surface area contributed by atoms with Gasteiger partial charge in [0.05, 0.1) is 17.4 Å². The molecule has 2 aromatic rings. The smallest absolute Gasteiger partial charge is 0.146 e. The first-order chi connectivity index (χ1) is 9.15. The van der Waals surface area contributed by atoms with E-state index in [1.54, 1.807) is 13.1 Å². The van der Waals surface area contributed by atoms with Crippen LogP contribution in [-0.4, -0.2) is 4.98 Å². The molecule has 98 valence electrons. The van der Waals surface area contributed by atoms with Crippen molar-refractivity contribution in [2.24, 2.45) is 0 Å². The fourth-order valence-electron chi connectivity index (χ4n) is 2.50. The molecule has 19 heavy (non-hydrogen) atoms. The van der Waals surface area contributed by atoms with E-state index >= 15 is 0 Å². The Morgan fingerprint density at radius 3 is 2.95 bits per heavy atom. The molecule has 1 aliphatic carbocycles. The van der Waals surface area contributed by atoms with Crippen LogP contribution in [0.4, 0.5) is 14.5 Å². The highest BCUT2D eigenvalue weighted by Gasteiger charge is 2.24. The molecule has 2 nitrogen and oxygen atoms in total. The molecule has 0 amide bonds. The highest BCUT2D eigenvalue weighted by atomic mass is 19.1. The van der Waals surface area contributed by atoms with Gasteiger partial charge < -0.3 is 5.32 Å². The zero-order chi connectivity index (χ0) is 13.4. The van der Waals surface area contributed by atoms with E-state index in [-0.39, 0.29) is 11.7 Å². The lowest BCUT2D eigenvalue weighted by Gasteiger charge is -2.15. The molecular formula is C15H14F2N2. The van der Waals surface area contributed by atoms with Crippen molar-refractivity contribution >= 4 is 5.69 Å². The molecule has 0 saturated carbocycles. The van der Waals surface area contributed by atoms with Gasteiger partial charge in [-0.3, -0.25) is 4.98 Å². The van der Waals surface area contributed by atoms with Crippen LogP contribution < -0.4 is 5.32 Å². The van der Waals surface area contributed by atoms with Gasteiger partial charge in [0.15, 0.2) is 0 Å². The summed E-state index contributed by atoms with van der Waals surface area (Å²) in [6, 6.07) is 6.30. The summed E-state index contributed by atoms with van der Waals surface area (Å²) in [7, 11) is 0. The van der Waals surface area contributed by atoms with Crippen LogP contribution in [0.15, 0.2) is 30.5 Å². The fraction of sp³-hybridized carbons (Fsp3) is 0.267. The van der Waals surface area contributed by atoms with E-state index in [0.717, 1.165) is 18.5 Å². The van der Waals surface area contributed by atoms with Crippen molar-refractivity contribution in [3.8, 4) is 0 Å². The molecule has 0 aliphatic heterocycles. The van der Waals surface area contributed by atoms with Crippen molar-refractivity contribution in [1.29, 1.82) is 0 Å². The molecule has 1 aromatic heterocycles. The number of halogens is 2. The van der Waals surface area contributed by atoms with Gasteiger partial charge in [0.25, 0.3) is 0 Å². The zero-order valence-corrected chi connectivity index (χ0v) is 10.6. The van der Waals surface area contributed by atoms with Gasteiger partial charge in [-0.1, -0.05) is 6.07 Å². The molecular weight excluding hydrogens is 246 g/mol. The van der Waals surface area contributed by atoms with Crippen molar-refractivity contribution in [2.75, 3.05) is 5.32 Å². The predicted octanol–water partition coefficient (Wildman–Crippen LogP) is 3.77. The molecule has 0 fully saturated rings. The molecule has 3 rings (SSSR count). The Morgan fingerprint density at radius 2 is 2.11 bits per heavy atom. The first kappa shape index (κ1) is 12.1. The SMILES string of the molecule is Cc1cc(F)c(NC2CCc3cccnc32)cc1F. The topological polar surface area (TPSA) is 24.9 Å². The Labute approximate surface area is 110 Å². The number of hydrogen-bond acceptors (Lipinski definition) is 2. The Hall–Kier alpha value is -1.97. The Bertz CT molecular complexity index is 626. The first-order valence-electron chi connectivity index (χ1n) is 6.31. The van der Waals surface area contributed by atoms with Gasteiger partial charge in [-0.2, -0.15) is 0 Å². The molecule has 0 saturated heterocycles. The quantitative estimate of drug-likeness (QED) is 0.889. The third-order valence-electron chi connectivity index (χ3n) is 3.54.